The van der Waals surface area contributed by atoms with Gasteiger partial charge in [0.25, 0.3) is 5.91 Å². The van der Waals surface area contributed by atoms with Crippen LogP contribution in [-0.2, 0) is 28.5 Å². The lowest BCUT2D eigenvalue weighted by Gasteiger charge is -2.36. The van der Waals surface area contributed by atoms with E-state index >= 15 is 0 Å². The van der Waals surface area contributed by atoms with Gasteiger partial charge in [-0.15, -0.1) is 0 Å². The summed E-state index contributed by atoms with van der Waals surface area (Å²) in [6, 6.07) is 6.84. The van der Waals surface area contributed by atoms with E-state index in [0.29, 0.717) is 11.3 Å². The fourth-order valence-corrected chi connectivity index (χ4v) is 6.17. The summed E-state index contributed by atoms with van der Waals surface area (Å²) < 4.78 is 32.2. The molecule has 184 valence electrons. The van der Waals surface area contributed by atoms with Gasteiger partial charge in [-0.2, -0.15) is 0 Å². The predicted molar refractivity (Wildman–Crippen MR) is 121 cm³/mol. The molecule has 0 bridgehead atoms. The van der Waals surface area contributed by atoms with Crippen molar-refractivity contribution in [1.29, 1.82) is 0 Å². The Morgan fingerprint density at radius 3 is 1.94 bits per heavy atom. The monoisotopic (exact) mass is 471 g/mol. The third-order valence-electron chi connectivity index (χ3n) is 7.93. The highest BCUT2D eigenvalue weighted by atomic mass is 16.9. The summed E-state index contributed by atoms with van der Waals surface area (Å²) in [5.41, 5.74) is 1.19. The van der Waals surface area contributed by atoms with Crippen molar-refractivity contribution >= 4 is 17.4 Å². The first-order valence-electron chi connectivity index (χ1n) is 12.7. The number of nitrogens with one attached hydrogen (secondary N) is 1. The molecule has 1 aromatic carbocycles. The average Bonchev–Trinajstić information content (AvgIpc) is 3.37. The third-order valence-corrected chi connectivity index (χ3v) is 7.93. The number of carbonyl (C=O) groups is 2. The molecule has 0 aromatic heterocycles. The van der Waals surface area contributed by atoms with Crippen molar-refractivity contribution < 1.29 is 33.3 Å². The summed E-state index contributed by atoms with van der Waals surface area (Å²) in [6.07, 6.45) is 6.82. The molecule has 8 nitrogen and oxygen atoms in total. The van der Waals surface area contributed by atoms with Crippen LogP contribution in [0.25, 0.3) is 0 Å². The highest BCUT2D eigenvalue weighted by molar-refractivity contribution is 5.97. The maximum Gasteiger partial charge on any atom is 0.256 e. The zero-order chi connectivity index (χ0) is 23.3. The molecule has 5 aliphatic rings. The van der Waals surface area contributed by atoms with E-state index in [1.165, 1.54) is 13.3 Å². The maximum atomic E-state index is 13.4. The number of ether oxygens (including phenoxy) is 5. The van der Waals surface area contributed by atoms with Gasteiger partial charge in [0.2, 0.25) is 0 Å². The van der Waals surface area contributed by atoms with E-state index < -0.39 is 42.3 Å². The number of anilines is 1. The van der Waals surface area contributed by atoms with Crippen molar-refractivity contribution in [2.75, 3.05) is 5.32 Å². The Labute approximate surface area is 199 Å². The normalized spacial score (nSPS) is 35.6. The highest BCUT2D eigenvalue weighted by Gasteiger charge is 2.65. The van der Waals surface area contributed by atoms with E-state index in [1.54, 1.807) is 24.3 Å². The molecule has 2 spiro atoms. The van der Waals surface area contributed by atoms with Crippen LogP contribution in [0, 0.1) is 0 Å². The molecule has 1 N–H and O–H groups in total. The number of carbonyl (C=O) groups excluding carboxylic acids is 2. The van der Waals surface area contributed by atoms with Gasteiger partial charge in [-0.25, -0.2) is 0 Å². The van der Waals surface area contributed by atoms with Gasteiger partial charge in [0.15, 0.2) is 29.8 Å². The Bertz CT molecular complexity index is 935. The van der Waals surface area contributed by atoms with Crippen molar-refractivity contribution in [2.45, 2.75) is 113 Å². The minimum atomic E-state index is -0.887. The fourth-order valence-electron chi connectivity index (χ4n) is 6.17. The van der Waals surface area contributed by atoms with E-state index in [1.807, 2.05) is 0 Å². The molecule has 34 heavy (non-hydrogen) atoms. The molecule has 5 atom stereocenters. The molecule has 6 rings (SSSR count). The number of hydrogen-bond donors (Lipinski definition) is 1. The fraction of sp³-hybridized carbons (Fsp3) is 0.692. The topological polar surface area (TPSA) is 92.3 Å². The van der Waals surface area contributed by atoms with Gasteiger partial charge < -0.3 is 29.0 Å². The Kier molecular flexibility index (Phi) is 5.77. The van der Waals surface area contributed by atoms with Gasteiger partial charge in [0.05, 0.1) is 0 Å². The summed E-state index contributed by atoms with van der Waals surface area (Å²) in [4.78, 5) is 25.0. The Morgan fingerprint density at radius 2 is 1.32 bits per heavy atom. The van der Waals surface area contributed by atoms with Gasteiger partial charge >= 0.3 is 0 Å². The zero-order valence-electron chi connectivity index (χ0n) is 19.6. The summed E-state index contributed by atoms with van der Waals surface area (Å²) in [7, 11) is 0. The van der Waals surface area contributed by atoms with Gasteiger partial charge in [-0.05, 0) is 56.9 Å². The number of amides is 1. The first-order chi connectivity index (χ1) is 16.5. The first-order valence-corrected chi connectivity index (χ1v) is 12.7. The van der Waals surface area contributed by atoms with Gasteiger partial charge in [-0.1, -0.05) is 12.8 Å². The van der Waals surface area contributed by atoms with Crippen LogP contribution in [0.1, 0.15) is 81.5 Å². The minimum Gasteiger partial charge on any atom is -0.341 e. The predicted octanol–water partition coefficient (Wildman–Crippen LogP) is 4.07. The van der Waals surface area contributed by atoms with Crippen LogP contribution in [0.2, 0.25) is 0 Å². The lowest BCUT2D eigenvalue weighted by Crippen LogP contribution is -2.58. The van der Waals surface area contributed by atoms with Crippen LogP contribution in [0.4, 0.5) is 5.69 Å². The second-order valence-electron chi connectivity index (χ2n) is 10.4. The number of Topliss-reactive ketones (excluding diaryl/α,β-unsaturated/α-hetero) is 1. The molecule has 3 aliphatic heterocycles. The van der Waals surface area contributed by atoms with Gasteiger partial charge in [0, 0.05) is 36.9 Å². The summed E-state index contributed by atoms with van der Waals surface area (Å²) in [5.74, 6) is -1.67. The van der Waals surface area contributed by atoms with Crippen molar-refractivity contribution in [3.05, 3.63) is 29.8 Å². The SMILES string of the molecule is CC(=O)c1ccc(NC(=O)[C@@H]2O[C@@H]3OC4(CCCCC4)O[C@@H]3[C@H]3OC4(CCCCC4)O[C@H]32)cc1. The molecule has 1 aromatic rings. The van der Waals surface area contributed by atoms with E-state index in [9.17, 15) is 9.59 Å². The molecule has 2 aliphatic carbocycles. The summed E-state index contributed by atoms with van der Waals surface area (Å²) >= 11 is 0. The third kappa shape index (κ3) is 3.99. The van der Waals surface area contributed by atoms with Crippen molar-refractivity contribution in [2.24, 2.45) is 0 Å². The molecule has 5 fully saturated rings. The van der Waals surface area contributed by atoms with E-state index in [0.717, 1.165) is 57.8 Å². The minimum absolute atomic E-state index is 0.0216. The second kappa shape index (κ2) is 8.68. The zero-order valence-corrected chi connectivity index (χ0v) is 19.6. The van der Waals surface area contributed by atoms with Crippen molar-refractivity contribution in [3.63, 3.8) is 0 Å². The highest BCUT2D eigenvalue weighted by Crippen LogP contribution is 2.51. The standard InChI is InChI=1S/C26H33NO7/c1-16(28)17-8-10-18(11-9-17)27-23(29)21-19-20(32-25(31-19)12-4-2-5-13-25)22-24(30-21)34-26(33-22)14-6-3-7-15-26/h8-11,19-22,24H,2-7,12-15H2,1H3,(H,27,29)/t19-,20+,21-,22-,24-/m1/s1. The summed E-state index contributed by atoms with van der Waals surface area (Å²) in [6.45, 7) is 1.52. The van der Waals surface area contributed by atoms with Crippen LogP contribution in [0.15, 0.2) is 24.3 Å². The first kappa shape index (κ1) is 22.6. The van der Waals surface area contributed by atoms with Crippen LogP contribution in [0.3, 0.4) is 0 Å². The molecular formula is C26H33NO7. The van der Waals surface area contributed by atoms with Crippen LogP contribution < -0.4 is 5.32 Å². The van der Waals surface area contributed by atoms with Crippen molar-refractivity contribution in [1.82, 2.24) is 0 Å². The van der Waals surface area contributed by atoms with E-state index in [4.69, 9.17) is 23.7 Å². The Morgan fingerprint density at radius 1 is 0.765 bits per heavy atom. The number of rotatable bonds is 3. The number of hydrogen-bond acceptors (Lipinski definition) is 7. The second-order valence-corrected chi connectivity index (χ2v) is 10.4. The molecule has 1 amide bonds. The van der Waals surface area contributed by atoms with Gasteiger partial charge in [0.1, 0.15) is 18.3 Å². The van der Waals surface area contributed by atoms with Crippen LogP contribution in [-0.4, -0.2) is 54.0 Å². The Hall–Kier alpha value is -1.84. The van der Waals surface area contributed by atoms with Crippen molar-refractivity contribution in [3.8, 4) is 0 Å². The lowest BCUT2D eigenvalue weighted by molar-refractivity contribution is -0.246. The number of ketones is 1. The van der Waals surface area contributed by atoms with E-state index in [2.05, 4.69) is 5.32 Å². The van der Waals surface area contributed by atoms with Crippen LogP contribution in [0.5, 0.6) is 0 Å². The quantitative estimate of drug-likeness (QED) is 0.664. The largest absolute Gasteiger partial charge is 0.341 e. The molecule has 3 heterocycles. The molecule has 0 radical (unpaired) electrons. The molecular weight excluding hydrogens is 438 g/mol. The van der Waals surface area contributed by atoms with Crippen LogP contribution >= 0.6 is 0 Å². The average molecular weight is 472 g/mol. The number of benzene rings is 1. The smallest absolute Gasteiger partial charge is 0.256 e. The summed E-state index contributed by atoms with van der Waals surface area (Å²) in [5, 5.41) is 2.93. The molecule has 8 heteroatoms. The maximum absolute atomic E-state index is 13.4. The Balaban J connectivity index is 1.25. The molecule has 0 unspecified atom stereocenters. The lowest BCUT2D eigenvalue weighted by atomic mass is 9.94. The van der Waals surface area contributed by atoms with Gasteiger partial charge in [-0.3, -0.25) is 9.59 Å². The number of fused-ring (bicyclic) bond motifs is 3. The molecule has 2 saturated carbocycles. The van der Waals surface area contributed by atoms with E-state index in [-0.39, 0.29) is 11.7 Å². The molecule has 3 saturated heterocycles.